The largest absolute Gasteiger partial charge is 0.481 e. The lowest BCUT2D eigenvalue weighted by Gasteiger charge is -2.21. The second-order valence-electron chi connectivity index (χ2n) is 9.50. The normalized spacial score (nSPS) is 11.8. The molecule has 0 amide bonds. The zero-order chi connectivity index (χ0) is 24.2. The summed E-state index contributed by atoms with van der Waals surface area (Å²) in [6, 6.07) is 11.9. The lowest BCUT2D eigenvalue weighted by Crippen LogP contribution is -2.27. The number of H-pyrrole nitrogens is 2. The van der Waals surface area contributed by atoms with Gasteiger partial charge in [0.2, 0.25) is 0 Å². The van der Waals surface area contributed by atoms with E-state index in [2.05, 4.69) is 20.4 Å². The Morgan fingerprint density at radius 1 is 0.848 bits per heavy atom. The molecule has 0 aliphatic heterocycles. The highest BCUT2D eigenvalue weighted by molar-refractivity contribution is 5.80. The number of hydrogen-bond donors (Lipinski definition) is 3. The number of carbonyl (C=O) groups is 2. The van der Waals surface area contributed by atoms with E-state index < -0.39 is 16.8 Å². The molecule has 0 aliphatic carbocycles. The quantitative estimate of drug-likeness (QED) is 0.371. The summed E-state index contributed by atoms with van der Waals surface area (Å²) in [7, 11) is 1.42. The van der Waals surface area contributed by atoms with Gasteiger partial charge in [0.05, 0.1) is 41.4 Å². The first-order valence-corrected chi connectivity index (χ1v) is 10.7. The number of aliphatic carboxylic acids is 1. The van der Waals surface area contributed by atoms with Crippen molar-refractivity contribution in [1.82, 2.24) is 20.4 Å². The summed E-state index contributed by atoms with van der Waals surface area (Å²) in [6.07, 6.45) is 4.70. The van der Waals surface area contributed by atoms with E-state index in [1.165, 1.54) is 7.11 Å². The van der Waals surface area contributed by atoms with E-state index in [0.717, 1.165) is 32.9 Å². The fraction of sp³-hybridized carbons (Fsp3) is 0.360. The van der Waals surface area contributed by atoms with Gasteiger partial charge in [0.25, 0.3) is 0 Å². The molecule has 174 valence electrons. The molecule has 0 radical (unpaired) electrons. The number of aromatic amines is 2. The number of nitrogens with one attached hydrogen (secondary N) is 2. The molecule has 0 aliphatic rings. The van der Waals surface area contributed by atoms with Crippen LogP contribution in [0.4, 0.5) is 0 Å². The first kappa shape index (κ1) is 24.0. The molecule has 0 atom stereocenters. The van der Waals surface area contributed by atoms with Gasteiger partial charge in [-0.05, 0) is 75.9 Å². The Labute approximate surface area is 192 Å². The molecule has 8 nitrogen and oxygen atoms in total. The van der Waals surface area contributed by atoms with Gasteiger partial charge in [-0.2, -0.15) is 10.2 Å². The summed E-state index contributed by atoms with van der Waals surface area (Å²) >= 11 is 0. The van der Waals surface area contributed by atoms with Crippen LogP contribution in [0.1, 0.15) is 38.8 Å². The average Bonchev–Trinajstić information content (AvgIpc) is 3.41. The number of fused-ring (bicyclic) bond motifs is 2. The van der Waals surface area contributed by atoms with Crippen LogP contribution in [0.3, 0.4) is 0 Å². The zero-order valence-corrected chi connectivity index (χ0v) is 19.6. The molecule has 33 heavy (non-hydrogen) atoms. The molecular weight excluding hydrogens is 420 g/mol. The number of ether oxygens (including phenoxy) is 1. The third kappa shape index (κ3) is 5.77. The van der Waals surface area contributed by atoms with Crippen molar-refractivity contribution in [2.75, 3.05) is 7.11 Å². The molecule has 0 spiro atoms. The van der Waals surface area contributed by atoms with Crippen molar-refractivity contribution >= 4 is 33.7 Å². The molecule has 2 aromatic heterocycles. The molecule has 2 aromatic carbocycles. The van der Waals surface area contributed by atoms with E-state index in [1.807, 2.05) is 50.2 Å². The van der Waals surface area contributed by atoms with E-state index >= 15 is 0 Å². The summed E-state index contributed by atoms with van der Waals surface area (Å²) in [5, 5.41) is 24.8. The first-order chi connectivity index (χ1) is 15.5. The number of carboxylic acid groups (broad SMARTS) is 1. The molecule has 0 unspecified atom stereocenters. The van der Waals surface area contributed by atoms with Crippen LogP contribution in [0.2, 0.25) is 0 Å². The Morgan fingerprint density at radius 2 is 1.30 bits per heavy atom. The summed E-state index contributed by atoms with van der Waals surface area (Å²) in [6.45, 7) is 7.24. The van der Waals surface area contributed by atoms with Gasteiger partial charge >= 0.3 is 11.9 Å². The average molecular weight is 451 g/mol. The third-order valence-electron chi connectivity index (χ3n) is 5.62. The van der Waals surface area contributed by atoms with Crippen LogP contribution in [0.15, 0.2) is 48.8 Å². The van der Waals surface area contributed by atoms with Gasteiger partial charge in [-0.15, -0.1) is 0 Å². The van der Waals surface area contributed by atoms with E-state index in [-0.39, 0.29) is 5.97 Å². The number of esters is 1. The number of carboxylic acids is 1. The Hall–Kier alpha value is -3.68. The molecule has 0 fully saturated rings. The standard InChI is InChI=1S/C13H16N2O2.C12H14N2O2/c1-13(2,12(16)17-3)7-9-4-5-11-10(6-9)8-14-15-11;1-12(2,11(15)16)6-8-3-4-10-9(5-8)7-13-14-10/h4-6,8H,7H2,1-3H3,(H,14,15);3-5,7H,6H2,1-2H3,(H,13,14)(H,15,16). The Kier molecular flexibility index (Phi) is 6.86. The maximum Gasteiger partial charge on any atom is 0.311 e. The SMILES string of the molecule is CC(C)(Cc1ccc2[nH]ncc2c1)C(=O)O.COC(=O)C(C)(C)Cc1ccc2[nH]ncc2c1. The van der Waals surface area contributed by atoms with E-state index in [1.54, 1.807) is 26.2 Å². The second-order valence-corrected chi connectivity index (χ2v) is 9.50. The van der Waals surface area contributed by atoms with Gasteiger partial charge in [0.15, 0.2) is 0 Å². The van der Waals surface area contributed by atoms with Gasteiger partial charge in [-0.1, -0.05) is 12.1 Å². The van der Waals surface area contributed by atoms with Crippen molar-refractivity contribution in [2.24, 2.45) is 10.8 Å². The molecule has 0 saturated heterocycles. The van der Waals surface area contributed by atoms with Crippen LogP contribution in [-0.4, -0.2) is 44.5 Å². The highest BCUT2D eigenvalue weighted by atomic mass is 16.5. The van der Waals surface area contributed by atoms with Crippen LogP contribution < -0.4 is 0 Å². The molecular formula is C25H30N4O4. The fourth-order valence-electron chi connectivity index (χ4n) is 3.65. The first-order valence-electron chi connectivity index (χ1n) is 10.7. The number of methoxy groups -OCH3 is 1. The molecule has 3 N–H and O–H groups in total. The minimum atomic E-state index is -0.778. The highest BCUT2D eigenvalue weighted by Gasteiger charge is 2.29. The summed E-state index contributed by atoms with van der Waals surface area (Å²) < 4.78 is 4.80. The van der Waals surface area contributed by atoms with Gasteiger partial charge < -0.3 is 9.84 Å². The van der Waals surface area contributed by atoms with Gasteiger partial charge in [-0.3, -0.25) is 19.8 Å². The van der Waals surface area contributed by atoms with Crippen LogP contribution in [-0.2, 0) is 27.2 Å². The zero-order valence-electron chi connectivity index (χ0n) is 19.6. The number of nitrogens with zero attached hydrogens (tertiary/aromatic N) is 2. The van der Waals surface area contributed by atoms with Crippen molar-refractivity contribution in [1.29, 1.82) is 0 Å². The van der Waals surface area contributed by atoms with Crippen molar-refractivity contribution in [3.8, 4) is 0 Å². The monoisotopic (exact) mass is 450 g/mol. The number of carbonyl (C=O) groups excluding carboxylic acids is 1. The smallest absolute Gasteiger partial charge is 0.311 e. The van der Waals surface area contributed by atoms with Crippen molar-refractivity contribution in [3.63, 3.8) is 0 Å². The van der Waals surface area contributed by atoms with E-state index in [0.29, 0.717) is 12.8 Å². The van der Waals surface area contributed by atoms with Crippen molar-refractivity contribution in [3.05, 3.63) is 59.9 Å². The molecule has 0 saturated carbocycles. The fourth-order valence-corrected chi connectivity index (χ4v) is 3.65. The van der Waals surface area contributed by atoms with Crippen LogP contribution >= 0.6 is 0 Å². The minimum Gasteiger partial charge on any atom is -0.481 e. The minimum absolute atomic E-state index is 0.190. The van der Waals surface area contributed by atoms with Gasteiger partial charge in [0, 0.05) is 10.8 Å². The molecule has 2 heterocycles. The van der Waals surface area contributed by atoms with Crippen molar-refractivity contribution < 1.29 is 19.4 Å². The van der Waals surface area contributed by atoms with Crippen molar-refractivity contribution in [2.45, 2.75) is 40.5 Å². The molecule has 8 heteroatoms. The molecule has 4 aromatic rings. The maximum absolute atomic E-state index is 11.6. The molecule has 4 rings (SSSR count). The Balaban J connectivity index is 0.000000186. The maximum atomic E-state index is 11.6. The predicted octanol–water partition coefficient (Wildman–Crippen LogP) is 4.52. The number of hydrogen-bond acceptors (Lipinski definition) is 5. The molecule has 0 bridgehead atoms. The second kappa shape index (κ2) is 9.44. The van der Waals surface area contributed by atoms with Gasteiger partial charge in [-0.25, -0.2) is 0 Å². The lowest BCUT2D eigenvalue weighted by atomic mass is 9.85. The van der Waals surface area contributed by atoms with E-state index in [9.17, 15) is 9.59 Å². The number of rotatable bonds is 6. The van der Waals surface area contributed by atoms with Crippen LogP contribution in [0, 0.1) is 10.8 Å². The van der Waals surface area contributed by atoms with Crippen LogP contribution in [0.5, 0.6) is 0 Å². The summed E-state index contributed by atoms with van der Waals surface area (Å²) in [5.41, 5.74) is 2.85. The Morgan fingerprint density at radius 3 is 1.73 bits per heavy atom. The third-order valence-corrected chi connectivity index (χ3v) is 5.62. The van der Waals surface area contributed by atoms with Crippen LogP contribution in [0.25, 0.3) is 21.8 Å². The highest BCUT2D eigenvalue weighted by Crippen LogP contribution is 2.25. The summed E-state index contributed by atoms with van der Waals surface area (Å²) in [5.74, 6) is -0.968. The number of aromatic nitrogens is 4. The summed E-state index contributed by atoms with van der Waals surface area (Å²) in [4.78, 5) is 22.6. The lowest BCUT2D eigenvalue weighted by molar-refractivity contribution is -0.150. The Bertz CT molecular complexity index is 1270. The predicted molar refractivity (Wildman–Crippen MR) is 127 cm³/mol. The number of benzene rings is 2. The topological polar surface area (TPSA) is 121 Å². The van der Waals surface area contributed by atoms with Gasteiger partial charge in [0.1, 0.15) is 0 Å². The van der Waals surface area contributed by atoms with E-state index in [4.69, 9.17) is 9.84 Å².